The van der Waals surface area contributed by atoms with Crippen molar-refractivity contribution >= 4 is 5.97 Å². The van der Waals surface area contributed by atoms with E-state index in [0.29, 0.717) is 37.0 Å². The van der Waals surface area contributed by atoms with Gasteiger partial charge in [-0.1, -0.05) is 27.7 Å². The molecule has 0 aromatic carbocycles. The Kier molecular flexibility index (Phi) is 5.59. The summed E-state index contributed by atoms with van der Waals surface area (Å²) >= 11 is 0. The first-order valence-corrected chi connectivity index (χ1v) is 13.7. The molecule has 0 bridgehead atoms. The first kappa shape index (κ1) is 24.1. The zero-order chi connectivity index (χ0) is 24.0. The first-order valence-electron chi connectivity index (χ1n) is 13.7. The molecule has 0 radical (unpaired) electrons. The van der Waals surface area contributed by atoms with E-state index in [1.807, 2.05) is 0 Å². The number of aliphatic carboxylic acids is 1. The molecule has 4 N–H and O–H groups in total. The van der Waals surface area contributed by atoms with Crippen LogP contribution < -0.4 is 0 Å². The lowest BCUT2D eigenvalue weighted by Gasteiger charge is -2.71. The van der Waals surface area contributed by atoms with Crippen molar-refractivity contribution in [2.45, 2.75) is 104 Å². The molecule has 5 saturated carbocycles. The summed E-state index contributed by atoms with van der Waals surface area (Å²) in [6.07, 6.45) is 8.46. The van der Waals surface area contributed by atoms with E-state index in [9.17, 15) is 25.2 Å². The fraction of sp³-hybridized carbons (Fsp3) is 0.964. The highest BCUT2D eigenvalue weighted by atomic mass is 16.4. The lowest BCUT2D eigenvalue weighted by molar-refractivity contribution is -0.240. The van der Waals surface area contributed by atoms with Gasteiger partial charge in [0, 0.05) is 0 Å². The average Bonchev–Trinajstić information content (AvgIpc) is 3.18. The minimum Gasteiger partial charge on any atom is -0.481 e. The van der Waals surface area contributed by atoms with Crippen LogP contribution in [0, 0.1) is 57.2 Å². The lowest BCUT2D eigenvalue weighted by atomic mass is 9.33. The number of hydrogen-bond donors (Lipinski definition) is 4. The molecule has 5 aliphatic carbocycles. The van der Waals surface area contributed by atoms with Crippen molar-refractivity contribution in [1.82, 2.24) is 0 Å². The summed E-state index contributed by atoms with van der Waals surface area (Å²) in [6.45, 7) is 9.45. The minimum atomic E-state index is -0.821. The predicted octanol–water partition coefficient (Wildman–Crippen LogP) is 4.48. The Morgan fingerprint density at radius 1 is 0.909 bits per heavy atom. The van der Waals surface area contributed by atoms with Crippen molar-refractivity contribution in [1.29, 1.82) is 0 Å². The van der Waals surface area contributed by atoms with Gasteiger partial charge in [0.1, 0.15) is 0 Å². The van der Waals surface area contributed by atoms with Crippen LogP contribution in [0.15, 0.2) is 0 Å². The van der Waals surface area contributed by atoms with Gasteiger partial charge in [-0.15, -0.1) is 0 Å². The maximum atomic E-state index is 12.7. The number of carboxylic acids is 1. The molecule has 0 saturated heterocycles. The molecule has 188 valence electrons. The Morgan fingerprint density at radius 2 is 1.64 bits per heavy atom. The maximum absolute atomic E-state index is 12.7. The second kappa shape index (κ2) is 7.67. The van der Waals surface area contributed by atoms with Gasteiger partial charge in [0.05, 0.1) is 24.2 Å². The molecular weight excluding hydrogens is 416 g/mol. The molecule has 5 aliphatic rings. The van der Waals surface area contributed by atoms with E-state index in [4.69, 9.17) is 0 Å². The van der Waals surface area contributed by atoms with E-state index in [1.54, 1.807) is 0 Å². The summed E-state index contributed by atoms with van der Waals surface area (Å²) in [7, 11) is 0. The van der Waals surface area contributed by atoms with Crippen molar-refractivity contribution in [2.75, 3.05) is 6.61 Å². The smallest absolute Gasteiger partial charge is 0.309 e. The van der Waals surface area contributed by atoms with Crippen LogP contribution in [0.1, 0.15) is 91.9 Å². The van der Waals surface area contributed by atoms with Crippen molar-refractivity contribution in [2.24, 2.45) is 57.2 Å². The monoisotopic (exact) mass is 462 g/mol. The Labute approximate surface area is 199 Å². The Balaban J connectivity index is 1.55. The molecule has 0 spiro atoms. The average molecular weight is 463 g/mol. The van der Waals surface area contributed by atoms with Crippen molar-refractivity contribution in [3.63, 3.8) is 0 Å². The van der Waals surface area contributed by atoms with Gasteiger partial charge < -0.3 is 20.4 Å². The van der Waals surface area contributed by atoms with Crippen LogP contribution >= 0.6 is 0 Å². The van der Waals surface area contributed by atoms with Gasteiger partial charge in [-0.2, -0.15) is 0 Å². The molecular formula is C28H46O5. The zero-order valence-corrected chi connectivity index (χ0v) is 21.1. The van der Waals surface area contributed by atoms with Crippen molar-refractivity contribution < 1.29 is 25.2 Å². The summed E-state index contributed by atoms with van der Waals surface area (Å²) in [5.41, 5.74) is -0.310. The molecule has 33 heavy (non-hydrogen) atoms. The molecule has 0 aromatic rings. The highest BCUT2D eigenvalue weighted by Crippen LogP contribution is 2.76. The number of carbonyl (C=O) groups is 1. The molecule has 5 rings (SSSR count). The van der Waals surface area contributed by atoms with Crippen LogP contribution in [-0.2, 0) is 4.79 Å². The fourth-order valence-corrected chi connectivity index (χ4v) is 11.2. The third-order valence-electron chi connectivity index (χ3n) is 13.2. The van der Waals surface area contributed by atoms with E-state index >= 15 is 0 Å². The Hall–Kier alpha value is -0.650. The number of aliphatic hydroxyl groups excluding tert-OH is 3. The Morgan fingerprint density at radius 3 is 2.30 bits per heavy atom. The summed E-state index contributed by atoms with van der Waals surface area (Å²) in [4.78, 5) is 12.7. The lowest BCUT2D eigenvalue weighted by Crippen LogP contribution is -2.66. The standard InChI is InChI=1S/C28H46O5/c1-16-18-8-11-27(4)22(25(18,2)10-9-20(16)30)6-5-19-23-17(21(31)15-29)7-12-28(23,24(32)33)14-13-26(19,27)3/h16-23,29-31H,5-15H2,1-4H3,(H,32,33). The number of hydrogen-bond acceptors (Lipinski definition) is 4. The topological polar surface area (TPSA) is 98.0 Å². The van der Waals surface area contributed by atoms with Crippen molar-refractivity contribution in [3.8, 4) is 0 Å². The van der Waals surface area contributed by atoms with Crippen LogP contribution in [0.25, 0.3) is 0 Å². The molecule has 12 unspecified atom stereocenters. The summed E-state index contributed by atoms with van der Waals surface area (Å²) in [5, 5.41) is 41.6. The van der Waals surface area contributed by atoms with Gasteiger partial charge in [-0.3, -0.25) is 4.79 Å². The third-order valence-corrected chi connectivity index (χ3v) is 13.2. The predicted molar refractivity (Wildman–Crippen MR) is 126 cm³/mol. The number of fused-ring (bicyclic) bond motifs is 7. The van der Waals surface area contributed by atoms with Gasteiger partial charge in [0.2, 0.25) is 0 Å². The first-order chi connectivity index (χ1) is 15.5. The quantitative estimate of drug-likeness (QED) is 0.496. The molecule has 0 amide bonds. The second-order valence-corrected chi connectivity index (χ2v) is 13.6. The van der Waals surface area contributed by atoms with Gasteiger partial charge in [-0.25, -0.2) is 0 Å². The normalized spacial score (nSPS) is 56.8. The highest BCUT2D eigenvalue weighted by Gasteiger charge is 2.71. The van der Waals surface area contributed by atoms with Crippen LogP contribution in [0.2, 0.25) is 0 Å². The fourth-order valence-electron chi connectivity index (χ4n) is 11.2. The minimum absolute atomic E-state index is 0.0462. The summed E-state index contributed by atoms with van der Waals surface area (Å²) in [5.74, 6) is 0.948. The van der Waals surface area contributed by atoms with Crippen LogP contribution in [0.4, 0.5) is 0 Å². The van der Waals surface area contributed by atoms with Gasteiger partial charge in [0.15, 0.2) is 0 Å². The van der Waals surface area contributed by atoms with Gasteiger partial charge >= 0.3 is 5.97 Å². The molecule has 5 heteroatoms. The second-order valence-electron chi connectivity index (χ2n) is 13.6. The Bertz CT molecular complexity index is 799. The molecule has 0 aliphatic heterocycles. The van der Waals surface area contributed by atoms with E-state index < -0.39 is 17.5 Å². The number of carboxylic acid groups (broad SMARTS) is 1. The number of rotatable bonds is 3. The van der Waals surface area contributed by atoms with E-state index in [1.165, 1.54) is 0 Å². The van der Waals surface area contributed by atoms with E-state index in [0.717, 1.165) is 44.9 Å². The van der Waals surface area contributed by atoms with Gasteiger partial charge in [0.25, 0.3) is 0 Å². The SMILES string of the molecule is CC1C(O)CCC2(C)C1CCC1(C)C2CCC2C3C(C(O)CO)CCC3(C(=O)O)CCC21C. The van der Waals surface area contributed by atoms with Crippen LogP contribution in [-0.4, -0.2) is 45.2 Å². The van der Waals surface area contributed by atoms with Crippen LogP contribution in [0.3, 0.4) is 0 Å². The highest BCUT2D eigenvalue weighted by molar-refractivity contribution is 5.76. The largest absolute Gasteiger partial charge is 0.481 e. The third kappa shape index (κ3) is 2.91. The van der Waals surface area contributed by atoms with Crippen molar-refractivity contribution in [3.05, 3.63) is 0 Å². The molecule has 12 atom stereocenters. The zero-order valence-electron chi connectivity index (χ0n) is 21.1. The number of aliphatic hydroxyl groups is 3. The van der Waals surface area contributed by atoms with Crippen LogP contribution in [0.5, 0.6) is 0 Å². The molecule has 0 heterocycles. The molecule has 0 aromatic heterocycles. The summed E-state index contributed by atoms with van der Waals surface area (Å²) in [6, 6.07) is 0. The van der Waals surface area contributed by atoms with E-state index in [-0.39, 0.29) is 46.7 Å². The summed E-state index contributed by atoms with van der Waals surface area (Å²) < 4.78 is 0. The molecule has 5 nitrogen and oxygen atoms in total. The van der Waals surface area contributed by atoms with E-state index in [2.05, 4.69) is 27.7 Å². The maximum Gasteiger partial charge on any atom is 0.309 e. The van der Waals surface area contributed by atoms with Gasteiger partial charge in [-0.05, 0) is 116 Å². The molecule has 5 fully saturated rings.